The molecule has 0 unspecified atom stereocenters. The molecule has 102 valence electrons. The van der Waals surface area contributed by atoms with Crippen molar-refractivity contribution in [3.05, 3.63) is 12.7 Å². The van der Waals surface area contributed by atoms with E-state index in [4.69, 9.17) is 9.47 Å². The molecule has 18 heavy (non-hydrogen) atoms. The van der Waals surface area contributed by atoms with Crippen LogP contribution in [-0.4, -0.2) is 49.0 Å². The van der Waals surface area contributed by atoms with Gasteiger partial charge in [-0.3, -0.25) is 4.90 Å². The summed E-state index contributed by atoms with van der Waals surface area (Å²) in [5.41, 5.74) is 0. The van der Waals surface area contributed by atoms with Crippen LogP contribution in [0.4, 0.5) is 0 Å². The fraction of sp³-hybridized carbons (Fsp3) is 0.867. The van der Waals surface area contributed by atoms with E-state index in [2.05, 4.69) is 11.5 Å². The topological polar surface area (TPSA) is 21.7 Å². The Labute approximate surface area is 110 Å². The Hall–Kier alpha value is -0.380. The fourth-order valence-electron chi connectivity index (χ4n) is 4.01. The molecule has 0 amide bonds. The third-order valence-electron chi connectivity index (χ3n) is 4.80. The monoisotopic (exact) mass is 251 g/mol. The second-order valence-corrected chi connectivity index (χ2v) is 5.82. The largest absolute Gasteiger partial charge is 0.374 e. The van der Waals surface area contributed by atoms with Gasteiger partial charge in [0.15, 0.2) is 0 Å². The van der Waals surface area contributed by atoms with Crippen LogP contribution in [0.3, 0.4) is 0 Å². The molecule has 1 heterocycles. The van der Waals surface area contributed by atoms with Crippen LogP contribution in [0.15, 0.2) is 12.7 Å². The minimum Gasteiger partial charge on any atom is -0.374 e. The van der Waals surface area contributed by atoms with E-state index in [1.165, 1.54) is 32.1 Å². The van der Waals surface area contributed by atoms with Crippen LogP contribution >= 0.6 is 0 Å². The van der Waals surface area contributed by atoms with Crippen molar-refractivity contribution in [1.29, 1.82) is 0 Å². The Morgan fingerprint density at radius 1 is 1.22 bits per heavy atom. The highest BCUT2D eigenvalue weighted by Gasteiger charge is 2.45. The van der Waals surface area contributed by atoms with Crippen molar-refractivity contribution in [3.8, 4) is 0 Å². The summed E-state index contributed by atoms with van der Waals surface area (Å²) in [5, 5.41) is 0. The molecule has 3 atom stereocenters. The third-order valence-corrected chi connectivity index (χ3v) is 4.80. The molecule has 3 fully saturated rings. The molecule has 0 spiro atoms. The van der Waals surface area contributed by atoms with E-state index < -0.39 is 0 Å². The molecule has 3 aliphatic rings. The summed E-state index contributed by atoms with van der Waals surface area (Å²) >= 11 is 0. The quantitative estimate of drug-likeness (QED) is 0.716. The van der Waals surface area contributed by atoms with Crippen molar-refractivity contribution >= 4 is 0 Å². The fourth-order valence-corrected chi connectivity index (χ4v) is 4.01. The number of fused-ring (bicyclic) bond motifs is 2. The van der Waals surface area contributed by atoms with E-state index in [1.807, 2.05) is 6.08 Å². The molecule has 0 aromatic rings. The van der Waals surface area contributed by atoms with Gasteiger partial charge >= 0.3 is 0 Å². The molecule has 3 nitrogen and oxygen atoms in total. The minimum absolute atomic E-state index is 0.270. The summed E-state index contributed by atoms with van der Waals surface area (Å²) in [6.07, 6.45) is 10.4. The van der Waals surface area contributed by atoms with E-state index in [1.54, 1.807) is 0 Å². The highest BCUT2D eigenvalue weighted by molar-refractivity contribution is 4.98. The van der Waals surface area contributed by atoms with Gasteiger partial charge in [0.25, 0.3) is 0 Å². The first-order valence-corrected chi connectivity index (χ1v) is 7.50. The summed E-state index contributed by atoms with van der Waals surface area (Å²) in [6.45, 7) is 6.39. The normalized spacial score (nSPS) is 37.9. The maximum atomic E-state index is 6.00. The van der Waals surface area contributed by atoms with Crippen LogP contribution in [-0.2, 0) is 9.47 Å². The molecule has 1 aliphatic heterocycles. The van der Waals surface area contributed by atoms with Crippen LogP contribution in [0.5, 0.6) is 0 Å². The Morgan fingerprint density at radius 3 is 2.83 bits per heavy atom. The SMILES string of the molecule is C=CCO[C@H]1[C@H]2CC[C@H]1OCCN2C1CCCC1. The predicted molar refractivity (Wildman–Crippen MR) is 71.7 cm³/mol. The van der Waals surface area contributed by atoms with Crippen molar-refractivity contribution < 1.29 is 9.47 Å². The number of ether oxygens (including phenoxy) is 2. The maximum absolute atomic E-state index is 6.00. The molecular formula is C15H25NO2. The molecule has 2 saturated carbocycles. The molecule has 3 rings (SSSR count). The van der Waals surface area contributed by atoms with E-state index in [0.29, 0.717) is 18.8 Å². The van der Waals surface area contributed by atoms with Crippen molar-refractivity contribution in [2.45, 2.75) is 62.8 Å². The Morgan fingerprint density at radius 2 is 2.06 bits per heavy atom. The average Bonchev–Trinajstić information content (AvgIpc) is 2.96. The lowest BCUT2D eigenvalue weighted by Gasteiger charge is -2.35. The highest BCUT2D eigenvalue weighted by atomic mass is 16.5. The van der Waals surface area contributed by atoms with Gasteiger partial charge in [-0.05, 0) is 25.7 Å². The molecule has 0 aromatic heterocycles. The lowest BCUT2D eigenvalue weighted by Crippen LogP contribution is -2.47. The second-order valence-electron chi connectivity index (χ2n) is 5.82. The summed E-state index contributed by atoms with van der Waals surface area (Å²) in [4.78, 5) is 2.70. The van der Waals surface area contributed by atoms with Gasteiger partial charge in [0.1, 0.15) is 0 Å². The van der Waals surface area contributed by atoms with Crippen LogP contribution in [0.1, 0.15) is 38.5 Å². The predicted octanol–water partition coefficient (Wildman–Crippen LogP) is 2.36. The smallest absolute Gasteiger partial charge is 0.0995 e. The minimum atomic E-state index is 0.270. The van der Waals surface area contributed by atoms with Gasteiger partial charge in [-0.15, -0.1) is 6.58 Å². The molecule has 3 heteroatoms. The van der Waals surface area contributed by atoms with Gasteiger partial charge in [-0.1, -0.05) is 18.9 Å². The van der Waals surface area contributed by atoms with E-state index >= 15 is 0 Å². The summed E-state index contributed by atoms with van der Waals surface area (Å²) in [6, 6.07) is 1.37. The summed E-state index contributed by atoms with van der Waals surface area (Å²) < 4.78 is 12.0. The Kier molecular flexibility index (Phi) is 4.02. The second kappa shape index (κ2) is 5.72. The molecule has 2 bridgehead atoms. The lowest BCUT2D eigenvalue weighted by molar-refractivity contribution is -0.0461. The van der Waals surface area contributed by atoms with Crippen molar-refractivity contribution in [3.63, 3.8) is 0 Å². The summed E-state index contributed by atoms with van der Waals surface area (Å²) in [7, 11) is 0. The zero-order valence-corrected chi connectivity index (χ0v) is 11.2. The van der Waals surface area contributed by atoms with Gasteiger partial charge in [-0.2, -0.15) is 0 Å². The van der Waals surface area contributed by atoms with Crippen LogP contribution in [0.2, 0.25) is 0 Å². The first-order chi connectivity index (χ1) is 8.90. The van der Waals surface area contributed by atoms with Crippen molar-refractivity contribution in [2.24, 2.45) is 0 Å². The van der Waals surface area contributed by atoms with Gasteiger partial charge in [0.2, 0.25) is 0 Å². The van der Waals surface area contributed by atoms with Crippen LogP contribution in [0.25, 0.3) is 0 Å². The molecule has 1 saturated heterocycles. The van der Waals surface area contributed by atoms with Crippen molar-refractivity contribution in [2.75, 3.05) is 19.8 Å². The van der Waals surface area contributed by atoms with Crippen molar-refractivity contribution in [1.82, 2.24) is 4.90 Å². The first-order valence-electron chi connectivity index (χ1n) is 7.50. The molecule has 0 aromatic carbocycles. The Balaban J connectivity index is 1.72. The lowest BCUT2D eigenvalue weighted by atomic mass is 10.1. The van der Waals surface area contributed by atoms with Crippen LogP contribution in [0, 0.1) is 0 Å². The number of hydrogen-bond donors (Lipinski definition) is 0. The molecule has 0 N–H and O–H groups in total. The highest BCUT2D eigenvalue weighted by Crippen LogP contribution is 2.36. The zero-order valence-electron chi connectivity index (χ0n) is 11.2. The van der Waals surface area contributed by atoms with E-state index in [-0.39, 0.29) is 6.10 Å². The van der Waals surface area contributed by atoms with Gasteiger partial charge in [-0.25, -0.2) is 0 Å². The number of hydrogen-bond acceptors (Lipinski definition) is 3. The maximum Gasteiger partial charge on any atom is 0.0995 e. The Bertz CT molecular complexity index is 288. The van der Waals surface area contributed by atoms with Gasteiger partial charge in [0, 0.05) is 18.6 Å². The van der Waals surface area contributed by atoms with E-state index in [0.717, 1.165) is 25.6 Å². The standard InChI is InChI=1S/C15H25NO2/c1-2-10-18-15-13-7-8-14(15)17-11-9-16(13)12-5-3-4-6-12/h2,12-15H,1,3-11H2/t13-,14-,15+/m1/s1. The molecular weight excluding hydrogens is 226 g/mol. The zero-order chi connectivity index (χ0) is 12.4. The first kappa shape index (κ1) is 12.6. The van der Waals surface area contributed by atoms with Gasteiger partial charge in [0.05, 0.1) is 25.4 Å². The number of nitrogens with zero attached hydrogens (tertiary/aromatic N) is 1. The third kappa shape index (κ3) is 2.36. The molecule has 2 aliphatic carbocycles. The van der Waals surface area contributed by atoms with Crippen LogP contribution < -0.4 is 0 Å². The molecule has 0 radical (unpaired) electrons. The summed E-state index contributed by atoms with van der Waals surface area (Å²) in [5.74, 6) is 0. The van der Waals surface area contributed by atoms with E-state index in [9.17, 15) is 0 Å². The average molecular weight is 251 g/mol. The number of rotatable bonds is 4. The van der Waals surface area contributed by atoms with Gasteiger partial charge < -0.3 is 9.47 Å².